The summed E-state index contributed by atoms with van der Waals surface area (Å²) in [4.78, 5) is 4.50. The first-order valence-electron chi connectivity index (χ1n) is 4.76. The number of thiazole rings is 1. The van der Waals surface area contributed by atoms with E-state index in [1.54, 1.807) is 11.3 Å². The Labute approximate surface area is 82.6 Å². The van der Waals surface area contributed by atoms with Gasteiger partial charge in [-0.15, -0.1) is 11.3 Å². The maximum absolute atomic E-state index is 4.50. The lowest BCUT2D eigenvalue weighted by Gasteiger charge is -2.21. The number of nitrogens with zero attached hydrogens (tertiary/aromatic N) is 1. The van der Waals surface area contributed by atoms with Crippen LogP contribution in [0.15, 0.2) is 5.38 Å². The number of rotatable bonds is 2. The lowest BCUT2D eigenvalue weighted by molar-refractivity contribution is 0.407. The zero-order chi connectivity index (χ0) is 9.10. The highest BCUT2D eigenvalue weighted by molar-refractivity contribution is 7.13. The second kappa shape index (κ2) is 4.07. The fourth-order valence-electron chi connectivity index (χ4n) is 1.67. The summed E-state index contributed by atoms with van der Waals surface area (Å²) in [6, 6.07) is 0.493. The van der Waals surface area contributed by atoms with Gasteiger partial charge in [0.05, 0.1) is 11.7 Å². The molecule has 1 saturated heterocycles. The maximum Gasteiger partial charge on any atom is 0.182 e. The fourth-order valence-corrected chi connectivity index (χ4v) is 2.39. The molecule has 1 aliphatic heterocycles. The Morgan fingerprint density at radius 2 is 2.54 bits per heavy atom. The molecule has 2 rings (SSSR count). The van der Waals surface area contributed by atoms with Crippen LogP contribution in [0.3, 0.4) is 0 Å². The lowest BCUT2D eigenvalue weighted by Crippen LogP contribution is -2.26. The first-order chi connectivity index (χ1) is 6.40. The van der Waals surface area contributed by atoms with Gasteiger partial charge < -0.3 is 10.6 Å². The molecule has 1 atom stereocenters. The molecule has 1 unspecified atom stereocenters. The standard InChI is InChI=1S/C9H15N3S/c1-10-9-12-8(6-13-9)7-4-2-3-5-11-7/h6-7,11H,2-5H2,1H3,(H,10,12). The molecule has 4 heteroatoms. The monoisotopic (exact) mass is 197 g/mol. The summed E-state index contributed by atoms with van der Waals surface area (Å²) in [5, 5.41) is 9.72. The van der Waals surface area contributed by atoms with Crippen LogP contribution in [0.5, 0.6) is 0 Å². The largest absolute Gasteiger partial charge is 0.365 e. The molecule has 3 nitrogen and oxygen atoms in total. The Morgan fingerprint density at radius 1 is 1.62 bits per heavy atom. The first kappa shape index (κ1) is 8.97. The molecule has 2 heterocycles. The molecule has 0 bridgehead atoms. The van der Waals surface area contributed by atoms with Crippen LogP contribution in [0.4, 0.5) is 5.13 Å². The molecule has 0 amide bonds. The van der Waals surface area contributed by atoms with Gasteiger partial charge in [-0.2, -0.15) is 0 Å². The van der Waals surface area contributed by atoms with E-state index in [0.29, 0.717) is 6.04 Å². The van der Waals surface area contributed by atoms with Crippen LogP contribution >= 0.6 is 11.3 Å². The van der Waals surface area contributed by atoms with E-state index in [4.69, 9.17) is 0 Å². The third kappa shape index (κ3) is 2.00. The third-order valence-electron chi connectivity index (χ3n) is 2.40. The van der Waals surface area contributed by atoms with Crippen molar-refractivity contribution in [1.29, 1.82) is 0 Å². The minimum Gasteiger partial charge on any atom is -0.365 e. The van der Waals surface area contributed by atoms with Crippen LogP contribution in [0.1, 0.15) is 31.0 Å². The number of hydrogen-bond donors (Lipinski definition) is 2. The van der Waals surface area contributed by atoms with Crippen LogP contribution in [0, 0.1) is 0 Å². The summed E-state index contributed by atoms with van der Waals surface area (Å²) in [5.74, 6) is 0. The summed E-state index contributed by atoms with van der Waals surface area (Å²) < 4.78 is 0. The second-order valence-electron chi connectivity index (χ2n) is 3.33. The van der Waals surface area contributed by atoms with Gasteiger partial charge in [-0.25, -0.2) is 4.98 Å². The Hall–Kier alpha value is -0.610. The van der Waals surface area contributed by atoms with Crippen molar-refractivity contribution in [3.05, 3.63) is 11.1 Å². The molecule has 2 N–H and O–H groups in total. The van der Waals surface area contributed by atoms with Gasteiger partial charge in [0.25, 0.3) is 0 Å². The predicted molar refractivity (Wildman–Crippen MR) is 56.3 cm³/mol. The van der Waals surface area contributed by atoms with Crippen molar-refractivity contribution in [2.24, 2.45) is 0 Å². The Bertz CT molecular complexity index is 266. The molecular formula is C9H15N3S. The van der Waals surface area contributed by atoms with Crippen molar-refractivity contribution < 1.29 is 0 Å². The zero-order valence-corrected chi connectivity index (χ0v) is 8.66. The first-order valence-corrected chi connectivity index (χ1v) is 5.64. The summed E-state index contributed by atoms with van der Waals surface area (Å²) in [7, 11) is 1.91. The van der Waals surface area contributed by atoms with Crippen molar-refractivity contribution >= 4 is 16.5 Å². The molecule has 13 heavy (non-hydrogen) atoms. The summed E-state index contributed by atoms with van der Waals surface area (Å²) >= 11 is 1.68. The van der Waals surface area contributed by atoms with Crippen molar-refractivity contribution in [3.63, 3.8) is 0 Å². The second-order valence-corrected chi connectivity index (χ2v) is 4.19. The molecule has 0 aliphatic carbocycles. The molecule has 0 spiro atoms. The van der Waals surface area contributed by atoms with E-state index in [2.05, 4.69) is 21.0 Å². The Balaban J connectivity index is 2.05. The summed E-state index contributed by atoms with van der Waals surface area (Å²) in [6.07, 6.45) is 3.86. The van der Waals surface area contributed by atoms with Gasteiger partial charge in [0.15, 0.2) is 5.13 Å². The average molecular weight is 197 g/mol. The molecule has 1 fully saturated rings. The van der Waals surface area contributed by atoms with Crippen molar-refractivity contribution in [2.45, 2.75) is 25.3 Å². The SMILES string of the molecule is CNc1nc(C2CCCCN2)cs1. The zero-order valence-electron chi connectivity index (χ0n) is 7.84. The van der Waals surface area contributed by atoms with Gasteiger partial charge in [-0.1, -0.05) is 6.42 Å². The topological polar surface area (TPSA) is 37.0 Å². The van der Waals surface area contributed by atoms with Gasteiger partial charge in [-0.05, 0) is 19.4 Å². The predicted octanol–water partition coefficient (Wildman–Crippen LogP) is 2.00. The van der Waals surface area contributed by atoms with E-state index in [9.17, 15) is 0 Å². The smallest absolute Gasteiger partial charge is 0.182 e. The van der Waals surface area contributed by atoms with Crippen molar-refractivity contribution in [2.75, 3.05) is 18.9 Å². The van der Waals surface area contributed by atoms with Crippen LogP contribution in [0.2, 0.25) is 0 Å². The molecule has 0 saturated carbocycles. The highest BCUT2D eigenvalue weighted by Crippen LogP contribution is 2.25. The molecule has 1 aromatic rings. The minimum absolute atomic E-state index is 0.493. The molecule has 0 aromatic carbocycles. The quantitative estimate of drug-likeness (QED) is 0.761. The Kier molecular flexibility index (Phi) is 2.80. The van der Waals surface area contributed by atoms with Gasteiger partial charge in [0.2, 0.25) is 0 Å². The number of anilines is 1. The minimum atomic E-state index is 0.493. The molecular weight excluding hydrogens is 182 g/mol. The highest BCUT2D eigenvalue weighted by atomic mass is 32.1. The fraction of sp³-hybridized carbons (Fsp3) is 0.667. The van der Waals surface area contributed by atoms with Gasteiger partial charge in [0.1, 0.15) is 0 Å². The molecule has 1 aliphatic rings. The van der Waals surface area contributed by atoms with E-state index in [0.717, 1.165) is 11.7 Å². The average Bonchev–Trinajstić information content (AvgIpc) is 2.67. The van der Waals surface area contributed by atoms with E-state index < -0.39 is 0 Å². The summed E-state index contributed by atoms with van der Waals surface area (Å²) in [5.41, 5.74) is 1.20. The number of hydrogen-bond acceptors (Lipinski definition) is 4. The molecule has 0 radical (unpaired) electrons. The van der Waals surface area contributed by atoms with Crippen LogP contribution < -0.4 is 10.6 Å². The normalized spacial score (nSPS) is 23.0. The van der Waals surface area contributed by atoms with Gasteiger partial charge in [0, 0.05) is 12.4 Å². The maximum atomic E-state index is 4.50. The van der Waals surface area contributed by atoms with E-state index in [1.165, 1.54) is 25.0 Å². The number of piperidine rings is 1. The number of aromatic nitrogens is 1. The van der Waals surface area contributed by atoms with Crippen molar-refractivity contribution in [1.82, 2.24) is 10.3 Å². The Morgan fingerprint density at radius 3 is 3.15 bits per heavy atom. The molecule has 72 valence electrons. The lowest BCUT2D eigenvalue weighted by atomic mass is 10.0. The highest BCUT2D eigenvalue weighted by Gasteiger charge is 2.16. The van der Waals surface area contributed by atoms with Crippen LogP contribution in [-0.2, 0) is 0 Å². The summed E-state index contributed by atoms with van der Waals surface area (Å²) in [6.45, 7) is 1.14. The van der Waals surface area contributed by atoms with E-state index >= 15 is 0 Å². The number of nitrogens with one attached hydrogen (secondary N) is 2. The van der Waals surface area contributed by atoms with Crippen LogP contribution in [0.25, 0.3) is 0 Å². The third-order valence-corrected chi connectivity index (χ3v) is 3.28. The van der Waals surface area contributed by atoms with Crippen molar-refractivity contribution in [3.8, 4) is 0 Å². The van der Waals surface area contributed by atoms with E-state index in [-0.39, 0.29) is 0 Å². The molecule has 1 aromatic heterocycles. The van der Waals surface area contributed by atoms with E-state index in [1.807, 2.05) is 7.05 Å². The van der Waals surface area contributed by atoms with Gasteiger partial charge >= 0.3 is 0 Å². The van der Waals surface area contributed by atoms with Gasteiger partial charge in [-0.3, -0.25) is 0 Å². The van der Waals surface area contributed by atoms with Crippen LogP contribution in [-0.4, -0.2) is 18.6 Å².